The third kappa shape index (κ3) is 7.79. The van der Waals surface area contributed by atoms with Gasteiger partial charge in [-0.05, 0) is 43.8 Å². The second-order valence-corrected chi connectivity index (χ2v) is 2.85. The minimum Gasteiger partial charge on any atom is -0.330 e. The molecule has 0 saturated heterocycles. The van der Waals surface area contributed by atoms with Gasteiger partial charge in [0.15, 0.2) is 0 Å². The van der Waals surface area contributed by atoms with Crippen molar-refractivity contribution in [2.75, 3.05) is 13.1 Å². The van der Waals surface area contributed by atoms with E-state index >= 15 is 0 Å². The maximum absolute atomic E-state index is 9.81. The summed E-state index contributed by atoms with van der Waals surface area (Å²) in [4.78, 5) is 26.3. The van der Waals surface area contributed by atoms with Crippen molar-refractivity contribution in [2.24, 2.45) is 21.5 Å². The minimum absolute atomic E-state index is 0.481. The molecule has 0 unspecified atom stereocenters. The van der Waals surface area contributed by atoms with E-state index in [0.29, 0.717) is 11.4 Å². The van der Waals surface area contributed by atoms with Crippen LogP contribution in [0.25, 0.3) is 0 Å². The predicted octanol–water partition coefficient (Wildman–Crippen LogP) is 0.915. The van der Waals surface area contributed by atoms with Crippen LogP contribution in [0.5, 0.6) is 0 Å². The van der Waals surface area contributed by atoms with Gasteiger partial charge in [0, 0.05) is 0 Å². The summed E-state index contributed by atoms with van der Waals surface area (Å²) < 4.78 is 0. The van der Waals surface area contributed by atoms with Crippen molar-refractivity contribution in [3.63, 3.8) is 0 Å². The number of benzene rings is 1. The summed E-state index contributed by atoms with van der Waals surface area (Å²) in [6, 6.07) is 6.23. The lowest BCUT2D eigenvalue weighted by molar-refractivity contribution is 0.564. The summed E-state index contributed by atoms with van der Waals surface area (Å²) >= 11 is 0. The van der Waals surface area contributed by atoms with Gasteiger partial charge in [-0.2, -0.15) is 9.98 Å². The topological polar surface area (TPSA) is 111 Å². The molecule has 0 atom stereocenters. The molecule has 6 nitrogen and oxygen atoms in total. The molecule has 17 heavy (non-hydrogen) atoms. The Bertz CT molecular complexity index is 365. The van der Waals surface area contributed by atoms with Crippen molar-refractivity contribution in [3.8, 4) is 0 Å². The molecule has 1 aromatic carbocycles. The highest BCUT2D eigenvalue weighted by Crippen LogP contribution is 2.16. The number of hydrogen-bond donors (Lipinski definition) is 2. The second kappa shape index (κ2) is 10.4. The SMILES string of the molecule is NCCCN.O=C=Nc1ccc(N=C=O)cc1. The van der Waals surface area contributed by atoms with Gasteiger partial charge in [0.2, 0.25) is 12.2 Å². The molecule has 1 rings (SSSR count). The lowest BCUT2D eigenvalue weighted by atomic mass is 10.3. The molecule has 0 aliphatic rings. The van der Waals surface area contributed by atoms with E-state index in [1.165, 1.54) is 12.2 Å². The summed E-state index contributed by atoms with van der Waals surface area (Å²) in [5.41, 5.74) is 11.1. The smallest absolute Gasteiger partial charge is 0.240 e. The monoisotopic (exact) mass is 234 g/mol. The van der Waals surface area contributed by atoms with Crippen molar-refractivity contribution >= 4 is 23.5 Å². The Morgan fingerprint density at radius 3 is 1.41 bits per heavy atom. The van der Waals surface area contributed by atoms with Crippen LogP contribution in [0, 0.1) is 0 Å². The van der Waals surface area contributed by atoms with Gasteiger partial charge in [-0.1, -0.05) is 0 Å². The average molecular weight is 234 g/mol. The summed E-state index contributed by atoms with van der Waals surface area (Å²) in [6.07, 6.45) is 3.75. The van der Waals surface area contributed by atoms with Crippen LogP contribution in [0.4, 0.5) is 11.4 Å². The molecule has 0 bridgehead atoms. The minimum atomic E-state index is 0.481. The van der Waals surface area contributed by atoms with Gasteiger partial charge in [0.05, 0.1) is 11.4 Å². The van der Waals surface area contributed by atoms with Crippen LogP contribution in [0.15, 0.2) is 34.3 Å². The fourth-order valence-electron chi connectivity index (χ4n) is 0.825. The number of rotatable bonds is 4. The van der Waals surface area contributed by atoms with Crippen LogP contribution in [-0.2, 0) is 9.59 Å². The molecule has 0 aromatic heterocycles. The van der Waals surface area contributed by atoms with E-state index in [4.69, 9.17) is 11.5 Å². The normalized spacial score (nSPS) is 8.12. The maximum Gasteiger partial charge on any atom is 0.240 e. The van der Waals surface area contributed by atoms with E-state index in [-0.39, 0.29) is 0 Å². The summed E-state index contributed by atoms with van der Waals surface area (Å²) in [5, 5.41) is 0. The Labute approximate surface area is 99.1 Å². The van der Waals surface area contributed by atoms with E-state index in [2.05, 4.69) is 9.98 Å². The molecule has 6 heteroatoms. The van der Waals surface area contributed by atoms with Gasteiger partial charge in [-0.25, -0.2) is 9.59 Å². The number of nitrogens with two attached hydrogens (primary N) is 2. The molecule has 0 aliphatic heterocycles. The van der Waals surface area contributed by atoms with Crippen molar-refractivity contribution in [1.29, 1.82) is 0 Å². The van der Waals surface area contributed by atoms with Gasteiger partial charge >= 0.3 is 0 Å². The van der Waals surface area contributed by atoms with E-state index in [1.807, 2.05) is 0 Å². The highest BCUT2D eigenvalue weighted by molar-refractivity contribution is 5.55. The fraction of sp³-hybridized carbons (Fsp3) is 0.273. The van der Waals surface area contributed by atoms with Gasteiger partial charge < -0.3 is 11.5 Å². The standard InChI is InChI=1S/C8H4N2O2.C3H10N2/c11-5-9-7-1-2-8(4-3-7)10-6-12;4-2-1-3-5/h1-4H;1-5H2. The first kappa shape index (κ1) is 14.9. The molecule has 90 valence electrons. The van der Waals surface area contributed by atoms with Crippen LogP contribution >= 0.6 is 0 Å². The summed E-state index contributed by atoms with van der Waals surface area (Å²) in [7, 11) is 0. The van der Waals surface area contributed by atoms with E-state index < -0.39 is 0 Å². The fourth-order valence-corrected chi connectivity index (χ4v) is 0.825. The third-order valence-electron chi connectivity index (χ3n) is 1.61. The molecule has 4 N–H and O–H groups in total. The molecule has 0 heterocycles. The predicted molar refractivity (Wildman–Crippen MR) is 64.7 cm³/mol. The number of carbonyl (C=O) groups excluding carboxylic acids is 2. The van der Waals surface area contributed by atoms with Gasteiger partial charge in [-0.15, -0.1) is 0 Å². The molecule has 0 fully saturated rings. The molecular weight excluding hydrogens is 220 g/mol. The van der Waals surface area contributed by atoms with E-state index in [0.717, 1.165) is 19.5 Å². The Kier molecular flexibility index (Phi) is 9.13. The molecule has 0 amide bonds. The molecule has 0 radical (unpaired) electrons. The lowest BCUT2D eigenvalue weighted by Gasteiger charge is -1.89. The highest BCUT2D eigenvalue weighted by atomic mass is 16.1. The molecule has 0 aliphatic carbocycles. The Hall–Kier alpha value is -2.10. The zero-order chi connectivity index (χ0) is 12.9. The van der Waals surface area contributed by atoms with Crippen LogP contribution < -0.4 is 11.5 Å². The maximum atomic E-state index is 9.81. The van der Waals surface area contributed by atoms with Crippen molar-refractivity contribution in [3.05, 3.63) is 24.3 Å². The Morgan fingerprint density at radius 2 is 1.24 bits per heavy atom. The first-order valence-corrected chi connectivity index (χ1v) is 4.94. The summed E-state index contributed by atoms with van der Waals surface area (Å²) in [6.45, 7) is 1.44. The van der Waals surface area contributed by atoms with E-state index in [9.17, 15) is 9.59 Å². The molecule has 0 saturated carbocycles. The van der Waals surface area contributed by atoms with E-state index in [1.54, 1.807) is 24.3 Å². The second-order valence-electron chi connectivity index (χ2n) is 2.85. The number of isocyanates is 2. The number of aliphatic imine (C=N–C) groups is 2. The van der Waals surface area contributed by atoms with Gasteiger partial charge in [-0.3, -0.25) is 0 Å². The van der Waals surface area contributed by atoms with Crippen LogP contribution in [0.3, 0.4) is 0 Å². The first-order valence-electron chi connectivity index (χ1n) is 4.94. The van der Waals surface area contributed by atoms with Gasteiger partial charge in [0.1, 0.15) is 0 Å². The van der Waals surface area contributed by atoms with Crippen molar-refractivity contribution in [2.45, 2.75) is 6.42 Å². The quantitative estimate of drug-likeness (QED) is 0.595. The molecule has 1 aromatic rings. The first-order chi connectivity index (χ1) is 8.28. The Balaban J connectivity index is 0.000000437. The average Bonchev–Trinajstić information content (AvgIpc) is 2.34. The number of hydrogen-bond acceptors (Lipinski definition) is 6. The lowest BCUT2D eigenvalue weighted by Crippen LogP contribution is -2.06. The van der Waals surface area contributed by atoms with Crippen LogP contribution in [0.2, 0.25) is 0 Å². The Morgan fingerprint density at radius 1 is 0.882 bits per heavy atom. The number of nitrogens with zero attached hydrogens (tertiary/aromatic N) is 2. The zero-order valence-electron chi connectivity index (χ0n) is 9.30. The van der Waals surface area contributed by atoms with Crippen molar-refractivity contribution in [1.82, 2.24) is 0 Å². The third-order valence-corrected chi connectivity index (χ3v) is 1.61. The molecule has 0 spiro atoms. The van der Waals surface area contributed by atoms with Crippen LogP contribution in [-0.4, -0.2) is 25.2 Å². The zero-order valence-corrected chi connectivity index (χ0v) is 9.30. The van der Waals surface area contributed by atoms with Gasteiger partial charge in [0.25, 0.3) is 0 Å². The highest BCUT2D eigenvalue weighted by Gasteiger charge is 1.89. The van der Waals surface area contributed by atoms with Crippen molar-refractivity contribution < 1.29 is 9.59 Å². The molecular formula is C11H14N4O2. The van der Waals surface area contributed by atoms with Crippen LogP contribution in [0.1, 0.15) is 6.42 Å². The summed E-state index contributed by atoms with van der Waals surface area (Å²) in [5.74, 6) is 0. The largest absolute Gasteiger partial charge is 0.330 e.